The van der Waals surface area contributed by atoms with Gasteiger partial charge in [0.05, 0.1) is 12.2 Å². The Balaban J connectivity index is 2.20. The third-order valence-corrected chi connectivity index (χ3v) is 3.63. The summed E-state index contributed by atoms with van der Waals surface area (Å²) in [6, 6.07) is 0. The predicted octanol–water partition coefficient (Wildman–Crippen LogP) is 0.603. The van der Waals surface area contributed by atoms with Crippen LogP contribution in [0.15, 0.2) is 0 Å². The molecule has 0 amide bonds. The minimum atomic E-state index is -0.767. The predicted molar refractivity (Wildman–Crippen MR) is 67.8 cm³/mol. The van der Waals surface area contributed by atoms with Crippen molar-refractivity contribution < 1.29 is 15.3 Å². The summed E-state index contributed by atoms with van der Waals surface area (Å²) < 4.78 is 0. The van der Waals surface area contributed by atoms with E-state index in [0.717, 1.165) is 13.0 Å². The van der Waals surface area contributed by atoms with Gasteiger partial charge in [-0.3, -0.25) is 0 Å². The van der Waals surface area contributed by atoms with Crippen LogP contribution in [0.5, 0.6) is 0 Å². The van der Waals surface area contributed by atoms with Crippen molar-refractivity contribution in [1.29, 1.82) is 0 Å². The van der Waals surface area contributed by atoms with Gasteiger partial charge in [0.1, 0.15) is 0 Å². The lowest BCUT2D eigenvalue weighted by atomic mass is 9.93. The topological polar surface area (TPSA) is 63.9 Å². The highest BCUT2D eigenvalue weighted by molar-refractivity contribution is 4.86. The Morgan fingerprint density at radius 3 is 2.41 bits per heavy atom. The van der Waals surface area contributed by atoms with Crippen LogP contribution in [-0.4, -0.2) is 58.7 Å². The van der Waals surface area contributed by atoms with E-state index in [4.69, 9.17) is 5.11 Å². The van der Waals surface area contributed by atoms with Crippen LogP contribution in [0.3, 0.4) is 0 Å². The molecule has 3 unspecified atom stereocenters. The van der Waals surface area contributed by atoms with Crippen LogP contribution in [0.2, 0.25) is 0 Å². The van der Waals surface area contributed by atoms with Gasteiger partial charge in [0.25, 0.3) is 0 Å². The van der Waals surface area contributed by atoms with Crippen LogP contribution < -0.4 is 0 Å². The van der Waals surface area contributed by atoms with Gasteiger partial charge in [0.2, 0.25) is 0 Å². The highest BCUT2D eigenvalue weighted by atomic mass is 16.3. The van der Waals surface area contributed by atoms with Gasteiger partial charge >= 0.3 is 0 Å². The number of aliphatic hydroxyl groups is 3. The highest BCUT2D eigenvalue weighted by Crippen LogP contribution is 2.18. The molecule has 102 valence electrons. The minimum absolute atomic E-state index is 0.0510. The zero-order chi connectivity index (χ0) is 12.7. The summed E-state index contributed by atoms with van der Waals surface area (Å²) in [5.74, 6) is -0.200. The van der Waals surface area contributed by atoms with E-state index in [1.807, 2.05) is 0 Å². The molecule has 0 radical (unpaired) electrons. The van der Waals surface area contributed by atoms with Gasteiger partial charge in [0.15, 0.2) is 0 Å². The molecule has 1 saturated heterocycles. The zero-order valence-electron chi connectivity index (χ0n) is 10.9. The Morgan fingerprint density at radius 2 is 1.76 bits per heavy atom. The standard InChI is InChI=1S/C13H27NO3/c1-2-3-4-5-6-7-14-8-11(10-15)13(17)12(16)9-14/h11-13,15-17H,2-10H2,1H3. The van der Waals surface area contributed by atoms with Crippen molar-refractivity contribution in [2.75, 3.05) is 26.2 Å². The van der Waals surface area contributed by atoms with Crippen molar-refractivity contribution in [2.24, 2.45) is 5.92 Å². The highest BCUT2D eigenvalue weighted by Gasteiger charge is 2.33. The maximum Gasteiger partial charge on any atom is 0.0929 e. The smallest absolute Gasteiger partial charge is 0.0929 e. The zero-order valence-corrected chi connectivity index (χ0v) is 10.9. The number of piperidine rings is 1. The van der Waals surface area contributed by atoms with Crippen molar-refractivity contribution in [3.63, 3.8) is 0 Å². The first kappa shape index (κ1) is 14.9. The van der Waals surface area contributed by atoms with Crippen LogP contribution in [0.1, 0.15) is 39.0 Å². The van der Waals surface area contributed by atoms with E-state index in [1.54, 1.807) is 0 Å². The fraction of sp³-hybridized carbons (Fsp3) is 1.00. The molecule has 4 heteroatoms. The number of β-amino-alcohol motifs (C(OH)–C–C–N with tert-alkyl or cyclic N) is 1. The molecule has 0 aromatic carbocycles. The summed E-state index contributed by atoms with van der Waals surface area (Å²) in [6.45, 7) is 4.34. The van der Waals surface area contributed by atoms with E-state index >= 15 is 0 Å². The number of aliphatic hydroxyl groups excluding tert-OH is 3. The van der Waals surface area contributed by atoms with Gasteiger partial charge in [-0.2, -0.15) is 0 Å². The molecule has 3 N–H and O–H groups in total. The second-order valence-electron chi connectivity index (χ2n) is 5.17. The second kappa shape index (κ2) is 8.03. The van der Waals surface area contributed by atoms with Gasteiger partial charge < -0.3 is 20.2 Å². The number of rotatable bonds is 7. The van der Waals surface area contributed by atoms with Crippen LogP contribution in [0, 0.1) is 5.92 Å². The maximum absolute atomic E-state index is 9.69. The first-order valence-corrected chi connectivity index (χ1v) is 6.88. The Labute approximate surface area is 104 Å². The molecule has 1 aliphatic rings. The molecule has 4 nitrogen and oxygen atoms in total. The van der Waals surface area contributed by atoms with Crippen molar-refractivity contribution in [2.45, 2.75) is 51.2 Å². The van der Waals surface area contributed by atoms with Crippen LogP contribution in [0.4, 0.5) is 0 Å². The Hall–Kier alpha value is -0.160. The Morgan fingerprint density at radius 1 is 1.06 bits per heavy atom. The normalized spacial score (nSPS) is 30.7. The summed E-state index contributed by atoms with van der Waals surface area (Å²) >= 11 is 0. The number of nitrogens with zero attached hydrogens (tertiary/aromatic N) is 1. The molecule has 17 heavy (non-hydrogen) atoms. The molecule has 1 rings (SSSR count). The van der Waals surface area contributed by atoms with Crippen LogP contribution in [0.25, 0.3) is 0 Å². The first-order chi connectivity index (χ1) is 8.19. The fourth-order valence-corrected chi connectivity index (χ4v) is 2.49. The van der Waals surface area contributed by atoms with Crippen molar-refractivity contribution >= 4 is 0 Å². The monoisotopic (exact) mass is 245 g/mol. The summed E-state index contributed by atoms with van der Waals surface area (Å²) in [7, 11) is 0. The van der Waals surface area contributed by atoms with Gasteiger partial charge in [0, 0.05) is 25.6 Å². The molecule has 0 saturated carbocycles. The molecule has 0 spiro atoms. The third kappa shape index (κ3) is 4.92. The van der Waals surface area contributed by atoms with Gasteiger partial charge in [-0.25, -0.2) is 0 Å². The Bertz CT molecular complexity index is 201. The first-order valence-electron chi connectivity index (χ1n) is 6.88. The fourth-order valence-electron chi connectivity index (χ4n) is 2.49. The lowest BCUT2D eigenvalue weighted by molar-refractivity contribution is -0.0861. The molecule has 1 aliphatic heterocycles. The summed E-state index contributed by atoms with van der Waals surface area (Å²) in [5, 5.41) is 28.5. The molecule has 0 aromatic heterocycles. The molecular formula is C13H27NO3. The van der Waals surface area contributed by atoms with Crippen molar-refractivity contribution in [3.8, 4) is 0 Å². The van der Waals surface area contributed by atoms with Crippen LogP contribution in [-0.2, 0) is 0 Å². The van der Waals surface area contributed by atoms with E-state index in [2.05, 4.69) is 11.8 Å². The average molecular weight is 245 g/mol. The lowest BCUT2D eigenvalue weighted by Gasteiger charge is -2.38. The molecule has 0 bridgehead atoms. The number of hydrogen-bond donors (Lipinski definition) is 3. The van der Waals surface area contributed by atoms with E-state index < -0.39 is 12.2 Å². The molecule has 1 heterocycles. The maximum atomic E-state index is 9.69. The second-order valence-corrected chi connectivity index (χ2v) is 5.17. The molecular weight excluding hydrogens is 218 g/mol. The minimum Gasteiger partial charge on any atom is -0.396 e. The molecule has 3 atom stereocenters. The summed E-state index contributed by atoms with van der Waals surface area (Å²) in [5.41, 5.74) is 0. The molecule has 0 aromatic rings. The molecule has 1 fully saturated rings. The summed E-state index contributed by atoms with van der Waals surface area (Å²) in [4.78, 5) is 2.16. The number of likely N-dealkylation sites (tertiary alicyclic amines) is 1. The Kier molecular flexibility index (Phi) is 7.04. The number of unbranched alkanes of at least 4 members (excludes halogenated alkanes) is 4. The van der Waals surface area contributed by atoms with Crippen LogP contribution >= 0.6 is 0 Å². The van der Waals surface area contributed by atoms with E-state index in [1.165, 1.54) is 25.7 Å². The SMILES string of the molecule is CCCCCCCN1CC(O)C(O)C(CO)C1. The van der Waals surface area contributed by atoms with Gasteiger partial charge in [-0.1, -0.05) is 32.6 Å². The van der Waals surface area contributed by atoms with Gasteiger partial charge in [-0.05, 0) is 13.0 Å². The largest absolute Gasteiger partial charge is 0.396 e. The average Bonchev–Trinajstić information content (AvgIpc) is 2.33. The van der Waals surface area contributed by atoms with E-state index in [-0.39, 0.29) is 12.5 Å². The van der Waals surface area contributed by atoms with Crippen molar-refractivity contribution in [3.05, 3.63) is 0 Å². The van der Waals surface area contributed by atoms with E-state index in [9.17, 15) is 10.2 Å². The summed E-state index contributed by atoms with van der Waals surface area (Å²) in [6.07, 6.45) is 4.71. The lowest BCUT2D eigenvalue weighted by Crippen LogP contribution is -2.53. The van der Waals surface area contributed by atoms with Gasteiger partial charge in [-0.15, -0.1) is 0 Å². The van der Waals surface area contributed by atoms with Crippen molar-refractivity contribution in [1.82, 2.24) is 4.90 Å². The number of hydrogen-bond acceptors (Lipinski definition) is 4. The third-order valence-electron chi connectivity index (χ3n) is 3.63. The van der Waals surface area contributed by atoms with E-state index in [0.29, 0.717) is 13.1 Å². The quantitative estimate of drug-likeness (QED) is 0.575. The molecule has 0 aliphatic carbocycles.